The van der Waals surface area contributed by atoms with Gasteiger partial charge in [0, 0.05) is 24.8 Å². The molecule has 6 heteroatoms. The Morgan fingerprint density at radius 1 is 1.23 bits per heavy atom. The van der Waals surface area contributed by atoms with Crippen molar-refractivity contribution in [3.05, 3.63) is 23.0 Å². The second-order valence-corrected chi connectivity index (χ2v) is 13.3. The number of halogens is 1. The maximum absolute atomic E-state index is 6.82. The molecule has 4 nitrogen and oxygen atoms in total. The Bertz CT molecular complexity index is 546. The number of anilines is 1. The van der Waals surface area contributed by atoms with Crippen molar-refractivity contribution < 1.29 is 4.43 Å². The van der Waals surface area contributed by atoms with Gasteiger partial charge in [-0.2, -0.15) is 0 Å². The first-order chi connectivity index (χ1) is 12.4. The van der Waals surface area contributed by atoms with Crippen LogP contribution in [0, 0.1) is 5.41 Å². The molecular weight excluding hydrogens is 362 g/mol. The van der Waals surface area contributed by atoms with Gasteiger partial charge < -0.3 is 15.5 Å². The van der Waals surface area contributed by atoms with Crippen molar-refractivity contribution in [2.24, 2.45) is 5.41 Å². The summed E-state index contributed by atoms with van der Waals surface area (Å²) in [4.78, 5) is 4.12. The van der Waals surface area contributed by atoms with Crippen LogP contribution in [0.2, 0.25) is 23.2 Å². The van der Waals surface area contributed by atoms with E-state index in [1.54, 1.807) is 12.4 Å². The second kappa shape index (κ2) is 9.54. The lowest BCUT2D eigenvalue weighted by Crippen LogP contribution is -2.41. The molecule has 148 valence electrons. The standard InChI is InChI=1S/C20H36ClN3OSi/c1-5-26(6-2,7-3)25-18(19-16(21)12-23-13-17(19)22)14-24-15-20(4)10-8-9-11-20/h12-13,18,24H,5-11,14-15,22H2,1-4H3. The van der Waals surface area contributed by atoms with Crippen molar-refractivity contribution in [3.8, 4) is 0 Å². The molecule has 1 saturated carbocycles. The number of rotatable bonds is 10. The maximum Gasteiger partial charge on any atom is 0.192 e. The zero-order valence-corrected chi connectivity index (χ0v) is 18.7. The van der Waals surface area contributed by atoms with Crippen LogP contribution in [-0.4, -0.2) is 26.4 Å². The lowest BCUT2D eigenvalue weighted by Gasteiger charge is -2.35. The Kier molecular flexibility index (Phi) is 7.95. The molecule has 26 heavy (non-hydrogen) atoms. The highest BCUT2D eigenvalue weighted by atomic mass is 35.5. The number of aromatic nitrogens is 1. The van der Waals surface area contributed by atoms with E-state index < -0.39 is 8.32 Å². The number of nitrogens with one attached hydrogen (secondary N) is 1. The molecule has 1 aliphatic rings. The summed E-state index contributed by atoms with van der Waals surface area (Å²) in [5.41, 5.74) is 8.18. The van der Waals surface area contributed by atoms with Gasteiger partial charge in [-0.25, -0.2) is 0 Å². The van der Waals surface area contributed by atoms with E-state index in [1.807, 2.05) is 0 Å². The van der Waals surface area contributed by atoms with Crippen molar-refractivity contribution >= 4 is 25.6 Å². The Morgan fingerprint density at radius 2 is 1.85 bits per heavy atom. The second-order valence-electron chi connectivity index (χ2n) is 8.12. The van der Waals surface area contributed by atoms with Crippen molar-refractivity contribution in [1.82, 2.24) is 10.3 Å². The van der Waals surface area contributed by atoms with Crippen LogP contribution >= 0.6 is 11.6 Å². The molecule has 0 saturated heterocycles. The van der Waals surface area contributed by atoms with Crippen LogP contribution < -0.4 is 11.1 Å². The highest BCUT2D eigenvalue weighted by Crippen LogP contribution is 2.38. The van der Waals surface area contributed by atoms with Crippen LogP contribution in [0.3, 0.4) is 0 Å². The predicted molar refractivity (Wildman–Crippen MR) is 114 cm³/mol. The topological polar surface area (TPSA) is 60.2 Å². The zero-order chi connectivity index (χ0) is 19.2. The third-order valence-corrected chi connectivity index (χ3v) is 11.3. The highest BCUT2D eigenvalue weighted by Gasteiger charge is 2.34. The molecule has 2 rings (SSSR count). The summed E-state index contributed by atoms with van der Waals surface area (Å²) in [5.74, 6) is 0. The number of nitrogens with zero attached hydrogens (tertiary/aromatic N) is 1. The molecule has 1 aromatic rings. The Hall–Kier alpha value is -0.623. The summed E-state index contributed by atoms with van der Waals surface area (Å²) in [6, 6.07) is 3.32. The molecule has 1 fully saturated rings. The van der Waals surface area contributed by atoms with Gasteiger partial charge in [-0.1, -0.05) is 52.1 Å². The minimum atomic E-state index is -1.78. The average molecular weight is 398 g/mol. The first-order valence-electron chi connectivity index (χ1n) is 10.2. The normalized spacial score (nSPS) is 18.2. The lowest BCUT2D eigenvalue weighted by atomic mass is 9.89. The third kappa shape index (κ3) is 5.21. The quantitative estimate of drug-likeness (QED) is 0.508. The molecule has 0 aliphatic heterocycles. The van der Waals surface area contributed by atoms with Crippen LogP contribution in [0.5, 0.6) is 0 Å². The number of nitrogens with two attached hydrogens (primary N) is 1. The minimum absolute atomic E-state index is 0.109. The van der Waals surface area contributed by atoms with Crippen LogP contribution in [0.1, 0.15) is 65.0 Å². The van der Waals surface area contributed by atoms with Gasteiger partial charge in [0.1, 0.15) is 0 Å². The van der Waals surface area contributed by atoms with Crippen molar-refractivity contribution in [3.63, 3.8) is 0 Å². The Labute approximate surface area is 165 Å². The van der Waals surface area contributed by atoms with E-state index in [-0.39, 0.29) is 6.10 Å². The van der Waals surface area contributed by atoms with E-state index in [0.717, 1.165) is 36.8 Å². The van der Waals surface area contributed by atoms with Crippen LogP contribution in [-0.2, 0) is 4.43 Å². The van der Waals surface area contributed by atoms with Gasteiger partial charge in [0.15, 0.2) is 8.32 Å². The Morgan fingerprint density at radius 3 is 2.38 bits per heavy atom. The van der Waals surface area contributed by atoms with E-state index in [4.69, 9.17) is 21.8 Å². The molecule has 1 aromatic heterocycles. The van der Waals surface area contributed by atoms with Crippen LogP contribution in [0.15, 0.2) is 12.4 Å². The summed E-state index contributed by atoms with van der Waals surface area (Å²) in [5, 5.41) is 4.28. The van der Waals surface area contributed by atoms with E-state index in [0.29, 0.717) is 16.1 Å². The number of hydrogen-bond acceptors (Lipinski definition) is 4. The van der Waals surface area contributed by atoms with Crippen LogP contribution in [0.25, 0.3) is 0 Å². The minimum Gasteiger partial charge on any atom is -0.409 e. The van der Waals surface area contributed by atoms with Crippen molar-refractivity contribution in [2.75, 3.05) is 18.8 Å². The smallest absolute Gasteiger partial charge is 0.192 e. The van der Waals surface area contributed by atoms with Crippen molar-refractivity contribution in [2.45, 2.75) is 77.6 Å². The number of pyridine rings is 1. The van der Waals surface area contributed by atoms with Gasteiger partial charge in [0.25, 0.3) is 0 Å². The molecule has 1 atom stereocenters. The van der Waals surface area contributed by atoms with Gasteiger partial charge in [0.2, 0.25) is 0 Å². The van der Waals surface area contributed by atoms with Gasteiger partial charge in [-0.05, 0) is 36.4 Å². The Balaban J connectivity index is 2.18. The van der Waals surface area contributed by atoms with Gasteiger partial charge in [0.05, 0.1) is 23.0 Å². The first kappa shape index (κ1) is 21.7. The summed E-state index contributed by atoms with van der Waals surface area (Å²) in [7, 11) is -1.78. The fourth-order valence-electron chi connectivity index (χ4n) is 4.21. The molecule has 1 aliphatic carbocycles. The van der Waals surface area contributed by atoms with Gasteiger partial charge in [-0.15, -0.1) is 0 Å². The monoisotopic (exact) mass is 397 g/mol. The van der Waals surface area contributed by atoms with E-state index in [1.165, 1.54) is 25.7 Å². The van der Waals surface area contributed by atoms with E-state index in [9.17, 15) is 0 Å². The van der Waals surface area contributed by atoms with E-state index in [2.05, 4.69) is 38.0 Å². The molecule has 0 aromatic carbocycles. The third-order valence-electron chi connectivity index (χ3n) is 6.31. The van der Waals surface area contributed by atoms with Crippen molar-refractivity contribution in [1.29, 1.82) is 0 Å². The predicted octanol–water partition coefficient (Wildman–Crippen LogP) is 5.55. The summed E-state index contributed by atoms with van der Waals surface area (Å²) >= 11 is 6.48. The fraction of sp³-hybridized carbons (Fsp3) is 0.750. The molecule has 3 N–H and O–H groups in total. The summed E-state index contributed by atoms with van der Waals surface area (Å²) in [6.07, 6.45) is 8.56. The lowest BCUT2D eigenvalue weighted by molar-refractivity contribution is 0.178. The number of nitrogen functional groups attached to an aromatic ring is 1. The first-order valence-corrected chi connectivity index (χ1v) is 13.1. The maximum atomic E-state index is 6.82. The number of hydrogen-bond donors (Lipinski definition) is 2. The zero-order valence-electron chi connectivity index (χ0n) is 16.9. The molecule has 0 amide bonds. The largest absolute Gasteiger partial charge is 0.409 e. The summed E-state index contributed by atoms with van der Waals surface area (Å²) < 4.78 is 6.82. The molecular formula is C20H36ClN3OSi. The fourth-order valence-corrected chi connectivity index (χ4v) is 7.31. The SMILES string of the molecule is CC[Si](CC)(CC)OC(CNCC1(C)CCCC1)c1c(N)cncc1Cl. The molecule has 0 spiro atoms. The van der Waals surface area contributed by atoms with Gasteiger partial charge >= 0.3 is 0 Å². The van der Waals surface area contributed by atoms with Gasteiger partial charge in [-0.3, -0.25) is 4.98 Å². The molecule has 1 heterocycles. The highest BCUT2D eigenvalue weighted by molar-refractivity contribution is 6.73. The average Bonchev–Trinajstić information content (AvgIpc) is 3.06. The van der Waals surface area contributed by atoms with Crippen LogP contribution in [0.4, 0.5) is 5.69 Å². The molecule has 1 unspecified atom stereocenters. The van der Waals surface area contributed by atoms with E-state index >= 15 is 0 Å². The summed E-state index contributed by atoms with van der Waals surface area (Å²) in [6.45, 7) is 10.9. The molecule has 0 bridgehead atoms. The molecule has 0 radical (unpaired) electrons.